The fourth-order valence-corrected chi connectivity index (χ4v) is 1.89. The molecule has 0 heterocycles. The molecule has 2 nitrogen and oxygen atoms in total. The molecule has 0 amide bonds. The van der Waals surface area contributed by atoms with E-state index in [0.717, 1.165) is 18.3 Å². The van der Waals surface area contributed by atoms with E-state index in [1.165, 1.54) is 6.07 Å². The van der Waals surface area contributed by atoms with E-state index in [2.05, 4.69) is 4.40 Å². The van der Waals surface area contributed by atoms with Crippen LogP contribution in [0.4, 0.5) is 13.2 Å². The van der Waals surface area contributed by atoms with Crippen molar-refractivity contribution in [2.24, 2.45) is 4.40 Å². The lowest BCUT2D eigenvalue weighted by atomic mass is 10.1. The first-order chi connectivity index (χ1) is 8.50. The van der Waals surface area contributed by atoms with Gasteiger partial charge in [-0.25, -0.2) is 0 Å². The minimum absolute atomic E-state index is 0.0437. The first kappa shape index (κ1) is 16.3. The van der Waals surface area contributed by atoms with Crippen molar-refractivity contribution in [3.05, 3.63) is 34.3 Å². The normalized spacial score (nSPS) is 14.9. The highest BCUT2D eigenvalue weighted by Crippen LogP contribution is 2.31. The molecular formula is C12H13ClF3NOS. The van der Waals surface area contributed by atoms with Crippen molar-refractivity contribution in [1.82, 2.24) is 0 Å². The maximum Gasteiger partial charge on any atom is 0.416 e. The number of benzene rings is 1. The van der Waals surface area contributed by atoms with Gasteiger partial charge in [0.25, 0.3) is 0 Å². The van der Waals surface area contributed by atoms with Crippen molar-refractivity contribution in [2.75, 3.05) is 0 Å². The van der Waals surface area contributed by atoms with E-state index < -0.39 is 27.8 Å². The van der Waals surface area contributed by atoms with E-state index in [0.29, 0.717) is 0 Å². The maximum atomic E-state index is 12.6. The predicted molar refractivity (Wildman–Crippen MR) is 71.9 cm³/mol. The van der Waals surface area contributed by atoms with Gasteiger partial charge < -0.3 is 4.55 Å². The molecule has 0 saturated carbocycles. The van der Waals surface area contributed by atoms with Crippen molar-refractivity contribution in [3.8, 4) is 0 Å². The number of rotatable bonds is 2. The standard InChI is InChI=1S/C12H13ClF3NOS/c1-11(2,3)19(18)17-7-8-4-9(12(14,15)16)6-10(13)5-8/h4-7H,1-3H3/b17-7+. The van der Waals surface area contributed by atoms with Crippen molar-refractivity contribution in [3.63, 3.8) is 0 Å². The van der Waals surface area contributed by atoms with Crippen LogP contribution in [0.2, 0.25) is 5.02 Å². The zero-order chi connectivity index (χ0) is 14.8. The van der Waals surface area contributed by atoms with E-state index in [-0.39, 0.29) is 10.6 Å². The Kier molecular flexibility index (Phi) is 4.92. The molecule has 0 aliphatic heterocycles. The molecule has 7 heteroatoms. The Hall–Kier alpha value is -0.720. The van der Waals surface area contributed by atoms with Crippen molar-refractivity contribution < 1.29 is 17.7 Å². The second-order valence-electron chi connectivity index (χ2n) is 4.87. The lowest BCUT2D eigenvalue weighted by Gasteiger charge is -2.17. The summed E-state index contributed by atoms with van der Waals surface area (Å²) in [6.07, 6.45) is -3.33. The Balaban J connectivity index is 3.03. The van der Waals surface area contributed by atoms with Gasteiger partial charge in [0.05, 0.1) is 11.8 Å². The molecule has 1 atom stereocenters. The van der Waals surface area contributed by atoms with Crippen LogP contribution in [0.25, 0.3) is 0 Å². The number of hydrogen-bond acceptors (Lipinski definition) is 2. The van der Waals surface area contributed by atoms with E-state index in [1.54, 1.807) is 20.8 Å². The SMILES string of the molecule is CC(C)(C)[S+]([O-])/N=C/c1cc(Cl)cc(C(F)(F)F)c1. The van der Waals surface area contributed by atoms with Crippen LogP contribution in [0.3, 0.4) is 0 Å². The van der Waals surface area contributed by atoms with E-state index in [9.17, 15) is 17.7 Å². The molecule has 0 aromatic heterocycles. The zero-order valence-electron chi connectivity index (χ0n) is 10.6. The third-order valence-electron chi connectivity index (χ3n) is 2.07. The molecule has 0 fully saturated rings. The Bertz CT molecular complexity index is 483. The summed E-state index contributed by atoms with van der Waals surface area (Å²) < 4.78 is 52.6. The summed E-state index contributed by atoms with van der Waals surface area (Å²) in [6, 6.07) is 3.08. The number of hydrogen-bond donors (Lipinski definition) is 0. The summed E-state index contributed by atoms with van der Waals surface area (Å²) in [5, 5.41) is -0.0437. The molecule has 106 valence electrons. The van der Waals surface area contributed by atoms with Gasteiger partial charge in [-0.1, -0.05) is 16.0 Å². The van der Waals surface area contributed by atoms with Gasteiger partial charge in [-0.3, -0.25) is 0 Å². The Labute approximate surface area is 118 Å². The first-order valence-corrected chi connectivity index (χ1v) is 6.82. The van der Waals surface area contributed by atoms with E-state index in [4.69, 9.17) is 11.6 Å². The number of nitrogens with zero attached hydrogens (tertiary/aromatic N) is 1. The summed E-state index contributed by atoms with van der Waals surface area (Å²) >= 11 is 4.10. The summed E-state index contributed by atoms with van der Waals surface area (Å²) in [4.78, 5) is 0. The topological polar surface area (TPSA) is 35.4 Å². The highest BCUT2D eigenvalue weighted by molar-refractivity contribution is 7.91. The average molecular weight is 312 g/mol. The summed E-state index contributed by atoms with van der Waals surface area (Å²) in [5.74, 6) is 0. The predicted octanol–water partition coefficient (Wildman–Crippen LogP) is 4.24. The van der Waals surface area contributed by atoms with Crippen LogP contribution < -0.4 is 0 Å². The van der Waals surface area contributed by atoms with Crippen LogP contribution >= 0.6 is 11.6 Å². The molecular weight excluding hydrogens is 299 g/mol. The lowest BCUT2D eigenvalue weighted by molar-refractivity contribution is -0.137. The van der Waals surface area contributed by atoms with Gasteiger partial charge in [0.15, 0.2) is 0 Å². The summed E-state index contributed by atoms with van der Waals surface area (Å²) in [7, 11) is 0. The van der Waals surface area contributed by atoms with Crippen LogP contribution in [0.5, 0.6) is 0 Å². The minimum Gasteiger partial charge on any atom is -0.591 e. The smallest absolute Gasteiger partial charge is 0.416 e. The van der Waals surface area contributed by atoms with E-state index >= 15 is 0 Å². The molecule has 1 aromatic rings. The zero-order valence-corrected chi connectivity index (χ0v) is 12.2. The molecule has 0 saturated heterocycles. The summed E-state index contributed by atoms with van der Waals surface area (Å²) in [6.45, 7) is 5.17. The Morgan fingerprint density at radius 3 is 2.26 bits per heavy atom. The quantitative estimate of drug-likeness (QED) is 0.594. The van der Waals surface area contributed by atoms with Gasteiger partial charge >= 0.3 is 6.18 Å². The molecule has 0 N–H and O–H groups in total. The van der Waals surface area contributed by atoms with Crippen molar-refractivity contribution in [1.29, 1.82) is 0 Å². The van der Waals surface area contributed by atoms with Gasteiger partial charge in [0.1, 0.15) is 16.1 Å². The van der Waals surface area contributed by atoms with Crippen LogP contribution in [-0.2, 0) is 17.5 Å². The van der Waals surface area contributed by atoms with Gasteiger partial charge in [0, 0.05) is 5.02 Å². The van der Waals surface area contributed by atoms with Crippen LogP contribution in [-0.4, -0.2) is 15.5 Å². The molecule has 0 aliphatic rings. The Morgan fingerprint density at radius 1 is 1.21 bits per heavy atom. The minimum atomic E-state index is -4.48. The lowest BCUT2D eigenvalue weighted by Crippen LogP contribution is -2.25. The fourth-order valence-electron chi connectivity index (χ4n) is 1.12. The molecule has 0 bridgehead atoms. The molecule has 0 aliphatic carbocycles. The largest absolute Gasteiger partial charge is 0.591 e. The van der Waals surface area contributed by atoms with Crippen LogP contribution in [0, 0.1) is 0 Å². The monoisotopic (exact) mass is 311 g/mol. The molecule has 1 unspecified atom stereocenters. The number of alkyl halides is 3. The number of halogens is 4. The Morgan fingerprint density at radius 2 is 1.79 bits per heavy atom. The molecule has 0 radical (unpaired) electrons. The maximum absolute atomic E-state index is 12.6. The second-order valence-corrected chi connectivity index (χ2v) is 7.24. The van der Waals surface area contributed by atoms with Gasteiger partial charge in [-0.15, -0.1) is 0 Å². The molecule has 0 spiro atoms. The molecule has 1 aromatic carbocycles. The first-order valence-electron chi connectivity index (χ1n) is 5.34. The van der Waals surface area contributed by atoms with Crippen LogP contribution in [0.1, 0.15) is 31.9 Å². The molecule has 1 rings (SSSR count). The second kappa shape index (κ2) is 5.73. The average Bonchev–Trinajstić information content (AvgIpc) is 2.22. The van der Waals surface area contributed by atoms with E-state index in [1.807, 2.05) is 0 Å². The molecule has 19 heavy (non-hydrogen) atoms. The highest BCUT2D eigenvalue weighted by Gasteiger charge is 2.31. The van der Waals surface area contributed by atoms with Gasteiger partial charge in [-0.2, -0.15) is 13.2 Å². The van der Waals surface area contributed by atoms with Crippen LogP contribution in [0.15, 0.2) is 22.6 Å². The van der Waals surface area contributed by atoms with Gasteiger partial charge in [0.2, 0.25) is 0 Å². The third-order valence-corrected chi connectivity index (χ3v) is 3.63. The third kappa shape index (κ3) is 5.04. The van der Waals surface area contributed by atoms with Crippen molar-refractivity contribution in [2.45, 2.75) is 31.7 Å². The van der Waals surface area contributed by atoms with Gasteiger partial charge in [-0.05, 0) is 44.5 Å². The fraction of sp³-hybridized carbons (Fsp3) is 0.417. The summed E-state index contributed by atoms with van der Waals surface area (Å²) in [5.41, 5.74) is -0.694. The van der Waals surface area contributed by atoms with Crippen molar-refractivity contribution >= 4 is 29.2 Å². The highest BCUT2D eigenvalue weighted by atomic mass is 35.5.